The maximum absolute atomic E-state index is 13.9. The Kier molecular flexibility index (Phi) is 5.37. The maximum Gasteiger partial charge on any atom is 0.259 e. The van der Waals surface area contributed by atoms with E-state index >= 15 is 0 Å². The van der Waals surface area contributed by atoms with Crippen LogP contribution >= 0.6 is 15.9 Å². The summed E-state index contributed by atoms with van der Waals surface area (Å²) in [7, 11) is 3.97. The van der Waals surface area contributed by atoms with Crippen molar-refractivity contribution in [1.82, 2.24) is 9.78 Å². The largest absolute Gasteiger partial charge is 0.378 e. The quantitative estimate of drug-likeness (QED) is 0.679. The van der Waals surface area contributed by atoms with E-state index in [1.807, 2.05) is 43.3 Å². The molecule has 0 fully saturated rings. The van der Waals surface area contributed by atoms with Gasteiger partial charge in [0, 0.05) is 30.3 Å². The van der Waals surface area contributed by atoms with E-state index in [0.29, 0.717) is 16.8 Å². The van der Waals surface area contributed by atoms with Crippen molar-refractivity contribution >= 4 is 33.3 Å². The molecule has 0 bridgehead atoms. The van der Waals surface area contributed by atoms with Crippen molar-refractivity contribution in [2.24, 2.45) is 0 Å². The van der Waals surface area contributed by atoms with Gasteiger partial charge in [0.05, 0.1) is 18.3 Å². The summed E-state index contributed by atoms with van der Waals surface area (Å²) in [6, 6.07) is 14.0. The molecular formula is C19H18BrFN4O. The van der Waals surface area contributed by atoms with E-state index in [4.69, 9.17) is 0 Å². The number of anilines is 2. The van der Waals surface area contributed by atoms with Crippen molar-refractivity contribution in [3.63, 3.8) is 0 Å². The number of halogens is 2. The number of nitrogens with zero attached hydrogens (tertiary/aromatic N) is 3. The van der Waals surface area contributed by atoms with Crippen LogP contribution in [0.3, 0.4) is 0 Å². The van der Waals surface area contributed by atoms with E-state index < -0.39 is 11.7 Å². The molecule has 0 aliphatic rings. The van der Waals surface area contributed by atoms with E-state index in [0.717, 1.165) is 11.3 Å². The fraction of sp³-hybridized carbons (Fsp3) is 0.158. The lowest BCUT2D eigenvalue weighted by Gasteiger charge is -2.13. The first kappa shape index (κ1) is 18.1. The number of carbonyl (C=O) groups is 1. The van der Waals surface area contributed by atoms with Crippen LogP contribution < -0.4 is 10.2 Å². The molecule has 1 heterocycles. The van der Waals surface area contributed by atoms with Crippen molar-refractivity contribution in [3.05, 3.63) is 76.1 Å². The molecule has 0 spiro atoms. The maximum atomic E-state index is 13.9. The van der Waals surface area contributed by atoms with Crippen molar-refractivity contribution in [1.29, 1.82) is 0 Å². The normalized spacial score (nSPS) is 10.6. The van der Waals surface area contributed by atoms with Crippen LogP contribution in [0, 0.1) is 5.82 Å². The standard InChI is InChI=1S/C19H18BrFN4O/c1-24(2)15-6-3-13(4-7-15)12-25-18(9-10-22-25)23-19(26)16-11-14(20)5-8-17(16)21/h3-11H,12H2,1-2H3,(H,23,26). The summed E-state index contributed by atoms with van der Waals surface area (Å²) in [5.74, 6) is -0.587. The molecule has 0 atom stereocenters. The number of nitrogens with one attached hydrogen (secondary N) is 1. The molecule has 0 saturated carbocycles. The average molecular weight is 417 g/mol. The summed E-state index contributed by atoms with van der Waals surface area (Å²) >= 11 is 3.25. The third-order valence-electron chi connectivity index (χ3n) is 3.92. The first-order chi connectivity index (χ1) is 12.4. The van der Waals surface area contributed by atoms with E-state index in [1.165, 1.54) is 12.1 Å². The van der Waals surface area contributed by atoms with Crippen molar-refractivity contribution < 1.29 is 9.18 Å². The van der Waals surface area contributed by atoms with Crippen LogP contribution in [-0.4, -0.2) is 29.8 Å². The molecule has 3 aromatic rings. The number of aromatic nitrogens is 2. The molecule has 26 heavy (non-hydrogen) atoms. The van der Waals surface area contributed by atoms with Gasteiger partial charge in [-0.2, -0.15) is 5.10 Å². The minimum Gasteiger partial charge on any atom is -0.378 e. The Morgan fingerprint density at radius 3 is 2.62 bits per heavy atom. The van der Waals surface area contributed by atoms with Gasteiger partial charge in [0.25, 0.3) is 5.91 Å². The highest BCUT2D eigenvalue weighted by Gasteiger charge is 2.14. The zero-order valence-corrected chi connectivity index (χ0v) is 16.0. The van der Waals surface area contributed by atoms with E-state index in [1.54, 1.807) is 23.0 Å². The number of amides is 1. The third-order valence-corrected chi connectivity index (χ3v) is 4.41. The zero-order valence-electron chi connectivity index (χ0n) is 14.4. The Balaban J connectivity index is 1.76. The first-order valence-corrected chi connectivity index (χ1v) is 8.78. The number of benzene rings is 2. The molecule has 1 aromatic heterocycles. The predicted molar refractivity (Wildman–Crippen MR) is 104 cm³/mol. The van der Waals surface area contributed by atoms with E-state index in [9.17, 15) is 9.18 Å². The summed E-state index contributed by atoms with van der Waals surface area (Å²) in [5.41, 5.74) is 2.12. The van der Waals surface area contributed by atoms with Gasteiger partial charge >= 0.3 is 0 Å². The second-order valence-electron chi connectivity index (χ2n) is 6.01. The summed E-state index contributed by atoms with van der Waals surface area (Å²) in [4.78, 5) is 14.4. The fourth-order valence-electron chi connectivity index (χ4n) is 2.49. The molecule has 5 nitrogen and oxygen atoms in total. The van der Waals surface area contributed by atoms with Crippen LogP contribution in [0.25, 0.3) is 0 Å². The van der Waals surface area contributed by atoms with E-state index in [2.05, 4.69) is 26.3 Å². The van der Waals surface area contributed by atoms with Gasteiger partial charge in [0.2, 0.25) is 0 Å². The molecule has 1 amide bonds. The summed E-state index contributed by atoms with van der Waals surface area (Å²) in [6.07, 6.45) is 1.60. The van der Waals surface area contributed by atoms with Gasteiger partial charge in [-0.1, -0.05) is 28.1 Å². The number of carbonyl (C=O) groups excluding carboxylic acids is 1. The van der Waals surface area contributed by atoms with Crippen molar-refractivity contribution in [2.75, 3.05) is 24.3 Å². The summed E-state index contributed by atoms with van der Waals surface area (Å²) < 4.78 is 16.2. The second kappa shape index (κ2) is 7.70. The Morgan fingerprint density at radius 2 is 1.92 bits per heavy atom. The van der Waals surface area contributed by atoms with Crippen LogP contribution in [0.4, 0.5) is 15.9 Å². The molecule has 2 aromatic carbocycles. The first-order valence-electron chi connectivity index (χ1n) is 7.98. The highest BCUT2D eigenvalue weighted by atomic mass is 79.9. The van der Waals surface area contributed by atoms with Gasteiger partial charge in [0.15, 0.2) is 0 Å². The lowest BCUT2D eigenvalue weighted by molar-refractivity contribution is 0.102. The Morgan fingerprint density at radius 1 is 1.19 bits per heavy atom. The second-order valence-corrected chi connectivity index (χ2v) is 6.93. The molecule has 0 saturated heterocycles. The van der Waals surface area contributed by atoms with Gasteiger partial charge in [-0.15, -0.1) is 0 Å². The van der Waals surface area contributed by atoms with Gasteiger partial charge in [-0.25, -0.2) is 9.07 Å². The van der Waals surface area contributed by atoms with Crippen molar-refractivity contribution in [2.45, 2.75) is 6.54 Å². The molecule has 3 rings (SSSR count). The fourth-order valence-corrected chi connectivity index (χ4v) is 2.85. The summed E-state index contributed by atoms with van der Waals surface area (Å²) in [6.45, 7) is 0.497. The van der Waals surface area contributed by atoms with E-state index in [-0.39, 0.29) is 5.56 Å². The Hall–Kier alpha value is -2.67. The lowest BCUT2D eigenvalue weighted by Crippen LogP contribution is -2.17. The topological polar surface area (TPSA) is 50.2 Å². The van der Waals surface area contributed by atoms with Gasteiger partial charge in [-0.05, 0) is 35.9 Å². The van der Waals surface area contributed by atoms with Crippen LogP contribution in [0.15, 0.2) is 59.2 Å². The van der Waals surface area contributed by atoms with Crippen LogP contribution in [0.1, 0.15) is 15.9 Å². The average Bonchev–Trinajstić information content (AvgIpc) is 3.04. The SMILES string of the molecule is CN(C)c1ccc(Cn2nccc2NC(=O)c2cc(Br)ccc2F)cc1. The molecular weight excluding hydrogens is 399 g/mol. The molecule has 7 heteroatoms. The number of hydrogen-bond donors (Lipinski definition) is 1. The molecule has 134 valence electrons. The lowest BCUT2D eigenvalue weighted by atomic mass is 10.2. The molecule has 1 N–H and O–H groups in total. The predicted octanol–water partition coefficient (Wildman–Crippen LogP) is 4.15. The monoisotopic (exact) mass is 416 g/mol. The highest BCUT2D eigenvalue weighted by molar-refractivity contribution is 9.10. The van der Waals surface area contributed by atoms with Crippen LogP contribution in [-0.2, 0) is 6.54 Å². The smallest absolute Gasteiger partial charge is 0.259 e. The van der Waals surface area contributed by atoms with Gasteiger partial charge in [-0.3, -0.25) is 4.79 Å². The van der Waals surface area contributed by atoms with Gasteiger partial charge < -0.3 is 10.2 Å². The molecule has 0 aliphatic carbocycles. The Bertz CT molecular complexity index is 922. The highest BCUT2D eigenvalue weighted by Crippen LogP contribution is 2.18. The van der Waals surface area contributed by atoms with Crippen LogP contribution in [0.5, 0.6) is 0 Å². The Labute approximate surface area is 159 Å². The number of rotatable bonds is 5. The summed E-state index contributed by atoms with van der Waals surface area (Å²) in [5, 5.41) is 6.96. The molecule has 0 radical (unpaired) electrons. The third kappa shape index (κ3) is 4.11. The number of hydrogen-bond acceptors (Lipinski definition) is 3. The van der Waals surface area contributed by atoms with Crippen molar-refractivity contribution in [3.8, 4) is 0 Å². The minimum absolute atomic E-state index is 0.0255. The molecule has 0 aliphatic heterocycles. The van der Waals surface area contributed by atoms with Gasteiger partial charge in [0.1, 0.15) is 11.6 Å². The molecule has 0 unspecified atom stereocenters. The van der Waals surface area contributed by atoms with Crippen LogP contribution in [0.2, 0.25) is 0 Å². The minimum atomic E-state index is -0.573. The zero-order chi connectivity index (χ0) is 18.7.